The number of nitrogens with zero attached hydrogens (tertiary/aromatic N) is 2. The highest BCUT2D eigenvalue weighted by Crippen LogP contribution is 2.26. The minimum absolute atomic E-state index is 0.0855. The predicted octanol–water partition coefficient (Wildman–Crippen LogP) is 2.42. The number of benzene rings is 1. The highest BCUT2D eigenvalue weighted by Gasteiger charge is 2.38. The van der Waals surface area contributed by atoms with Crippen LogP contribution in [0.25, 0.3) is 0 Å². The zero-order chi connectivity index (χ0) is 15.6. The van der Waals surface area contributed by atoms with Crippen molar-refractivity contribution in [2.45, 2.75) is 13.8 Å². The molecule has 1 aliphatic rings. The Bertz CT molecular complexity index is 549. The zero-order valence-electron chi connectivity index (χ0n) is 12.1. The third-order valence-electron chi connectivity index (χ3n) is 3.87. The number of carboxylic acid groups (broad SMARTS) is 1. The van der Waals surface area contributed by atoms with E-state index in [2.05, 4.69) is 0 Å². The first kappa shape index (κ1) is 15.3. The standard InChI is InChI=1S/C15H19FN2O3/c1-3-18(12-6-4-5-11(16)7-12)15(21)17-8-10(2)13(9-17)14(19)20/h4-7,10,13H,3,8-9H2,1-2H3,(H,19,20). The molecule has 1 fully saturated rings. The van der Waals surface area contributed by atoms with Gasteiger partial charge in [-0.3, -0.25) is 9.69 Å². The number of carbonyl (C=O) groups is 2. The van der Waals surface area contributed by atoms with Crippen molar-refractivity contribution in [1.29, 1.82) is 0 Å². The van der Waals surface area contributed by atoms with Gasteiger partial charge in [0.15, 0.2) is 0 Å². The van der Waals surface area contributed by atoms with Crippen molar-refractivity contribution >= 4 is 17.7 Å². The van der Waals surface area contributed by atoms with Gasteiger partial charge in [-0.1, -0.05) is 13.0 Å². The highest BCUT2D eigenvalue weighted by atomic mass is 19.1. The smallest absolute Gasteiger partial charge is 0.324 e. The second kappa shape index (κ2) is 6.11. The molecule has 0 aromatic heterocycles. The largest absolute Gasteiger partial charge is 0.481 e. The molecule has 6 heteroatoms. The quantitative estimate of drug-likeness (QED) is 0.931. The van der Waals surface area contributed by atoms with E-state index in [-0.39, 0.29) is 18.5 Å². The molecule has 1 N–H and O–H groups in total. The van der Waals surface area contributed by atoms with E-state index >= 15 is 0 Å². The molecule has 0 spiro atoms. The Kier molecular flexibility index (Phi) is 4.45. The number of hydrogen-bond acceptors (Lipinski definition) is 2. The van der Waals surface area contributed by atoms with Crippen molar-refractivity contribution in [3.05, 3.63) is 30.1 Å². The fraction of sp³-hybridized carbons (Fsp3) is 0.467. The molecule has 0 bridgehead atoms. The van der Waals surface area contributed by atoms with Crippen molar-refractivity contribution in [3.63, 3.8) is 0 Å². The topological polar surface area (TPSA) is 60.9 Å². The normalized spacial score (nSPS) is 21.4. The Hall–Kier alpha value is -2.11. The van der Waals surface area contributed by atoms with E-state index in [1.54, 1.807) is 19.1 Å². The molecule has 2 rings (SSSR count). The van der Waals surface area contributed by atoms with E-state index in [4.69, 9.17) is 5.11 Å². The van der Waals surface area contributed by atoms with Crippen LogP contribution in [0, 0.1) is 17.7 Å². The molecule has 21 heavy (non-hydrogen) atoms. The average Bonchev–Trinajstić information content (AvgIpc) is 2.82. The molecule has 1 aromatic carbocycles. The lowest BCUT2D eigenvalue weighted by atomic mass is 9.99. The number of halogens is 1. The molecule has 2 unspecified atom stereocenters. The molecule has 0 radical (unpaired) electrons. The molecule has 0 saturated carbocycles. The van der Waals surface area contributed by atoms with Crippen LogP contribution in [0.4, 0.5) is 14.9 Å². The number of carboxylic acids is 1. The molecular formula is C15H19FN2O3. The van der Waals surface area contributed by atoms with Crippen molar-refractivity contribution in [2.75, 3.05) is 24.5 Å². The van der Waals surface area contributed by atoms with Crippen molar-refractivity contribution in [1.82, 2.24) is 4.90 Å². The first-order valence-corrected chi connectivity index (χ1v) is 6.98. The van der Waals surface area contributed by atoms with Gasteiger partial charge in [-0.25, -0.2) is 9.18 Å². The van der Waals surface area contributed by atoms with Crippen LogP contribution in [0.15, 0.2) is 24.3 Å². The van der Waals surface area contributed by atoms with Crippen LogP contribution < -0.4 is 4.90 Å². The van der Waals surface area contributed by atoms with Gasteiger partial charge in [-0.05, 0) is 31.0 Å². The van der Waals surface area contributed by atoms with Gasteiger partial charge >= 0.3 is 12.0 Å². The van der Waals surface area contributed by atoms with E-state index in [1.807, 2.05) is 6.92 Å². The summed E-state index contributed by atoms with van der Waals surface area (Å²) >= 11 is 0. The Morgan fingerprint density at radius 2 is 2.14 bits per heavy atom. The number of hydrogen-bond donors (Lipinski definition) is 1. The van der Waals surface area contributed by atoms with Crippen LogP contribution >= 0.6 is 0 Å². The van der Waals surface area contributed by atoms with Crippen LogP contribution in [-0.4, -0.2) is 41.6 Å². The van der Waals surface area contributed by atoms with Gasteiger partial charge in [0.25, 0.3) is 0 Å². The highest BCUT2D eigenvalue weighted by molar-refractivity contribution is 5.92. The summed E-state index contributed by atoms with van der Waals surface area (Å²) in [5.41, 5.74) is 0.480. The lowest BCUT2D eigenvalue weighted by Gasteiger charge is -2.27. The first-order chi connectivity index (χ1) is 9.93. The lowest BCUT2D eigenvalue weighted by Crippen LogP contribution is -2.42. The van der Waals surface area contributed by atoms with Gasteiger partial charge in [-0.15, -0.1) is 0 Å². The SMILES string of the molecule is CCN(C(=O)N1CC(C)C(C(=O)O)C1)c1cccc(F)c1. The molecule has 2 atom stereocenters. The van der Waals surface area contributed by atoms with Gasteiger partial charge < -0.3 is 10.0 Å². The molecular weight excluding hydrogens is 275 g/mol. The summed E-state index contributed by atoms with van der Waals surface area (Å²) < 4.78 is 13.3. The van der Waals surface area contributed by atoms with Gasteiger partial charge in [-0.2, -0.15) is 0 Å². The van der Waals surface area contributed by atoms with Crippen LogP contribution in [0.2, 0.25) is 0 Å². The van der Waals surface area contributed by atoms with Crippen molar-refractivity contribution in [2.24, 2.45) is 11.8 Å². The maximum absolute atomic E-state index is 13.3. The second-order valence-electron chi connectivity index (χ2n) is 5.33. The predicted molar refractivity (Wildman–Crippen MR) is 76.7 cm³/mol. The minimum atomic E-state index is -0.883. The maximum atomic E-state index is 13.3. The average molecular weight is 294 g/mol. The molecule has 1 aromatic rings. The Balaban J connectivity index is 2.16. The van der Waals surface area contributed by atoms with Gasteiger partial charge in [0.1, 0.15) is 5.82 Å². The van der Waals surface area contributed by atoms with Crippen molar-refractivity contribution in [3.8, 4) is 0 Å². The molecule has 1 saturated heterocycles. The van der Waals surface area contributed by atoms with Crippen LogP contribution in [0.3, 0.4) is 0 Å². The fourth-order valence-corrected chi connectivity index (χ4v) is 2.69. The van der Waals surface area contributed by atoms with Crippen LogP contribution in [0.1, 0.15) is 13.8 Å². The number of urea groups is 1. The molecule has 2 amide bonds. The van der Waals surface area contributed by atoms with Crippen LogP contribution in [0.5, 0.6) is 0 Å². The number of aliphatic carboxylic acids is 1. The number of carbonyl (C=O) groups excluding carboxylic acids is 1. The van der Waals surface area contributed by atoms with E-state index < -0.39 is 17.7 Å². The maximum Gasteiger partial charge on any atom is 0.324 e. The van der Waals surface area contributed by atoms with E-state index in [1.165, 1.54) is 21.9 Å². The summed E-state index contributed by atoms with van der Waals surface area (Å²) in [6.45, 7) is 4.62. The number of anilines is 1. The third-order valence-corrected chi connectivity index (χ3v) is 3.87. The second-order valence-corrected chi connectivity index (χ2v) is 5.33. The lowest BCUT2D eigenvalue weighted by molar-refractivity contribution is -0.142. The first-order valence-electron chi connectivity index (χ1n) is 6.98. The molecule has 1 heterocycles. The summed E-state index contributed by atoms with van der Waals surface area (Å²) in [6, 6.07) is 5.56. The molecule has 5 nitrogen and oxygen atoms in total. The van der Waals surface area contributed by atoms with Gasteiger partial charge in [0.05, 0.1) is 5.92 Å². The minimum Gasteiger partial charge on any atom is -0.481 e. The summed E-state index contributed by atoms with van der Waals surface area (Å²) in [4.78, 5) is 26.7. The van der Waals surface area contributed by atoms with Crippen molar-refractivity contribution < 1.29 is 19.1 Å². The zero-order valence-corrected chi connectivity index (χ0v) is 12.1. The Morgan fingerprint density at radius 1 is 1.43 bits per heavy atom. The van der Waals surface area contributed by atoms with Crippen LogP contribution in [-0.2, 0) is 4.79 Å². The monoisotopic (exact) mass is 294 g/mol. The van der Waals surface area contributed by atoms with E-state index in [9.17, 15) is 14.0 Å². The molecule has 0 aliphatic carbocycles. The summed E-state index contributed by atoms with van der Waals surface area (Å²) in [6.07, 6.45) is 0. The third kappa shape index (κ3) is 3.15. The number of rotatable bonds is 3. The van der Waals surface area contributed by atoms with Gasteiger partial charge in [0.2, 0.25) is 0 Å². The van der Waals surface area contributed by atoms with E-state index in [0.29, 0.717) is 18.8 Å². The molecule has 1 aliphatic heterocycles. The number of amides is 2. The summed E-state index contributed by atoms with van der Waals surface area (Å²) in [5, 5.41) is 9.13. The number of likely N-dealkylation sites (tertiary alicyclic amines) is 1. The fourth-order valence-electron chi connectivity index (χ4n) is 2.69. The van der Waals surface area contributed by atoms with E-state index in [0.717, 1.165) is 0 Å². The molecule has 114 valence electrons. The summed E-state index contributed by atoms with van der Waals surface area (Å²) in [7, 11) is 0. The Labute approximate surface area is 123 Å². The summed E-state index contributed by atoms with van der Waals surface area (Å²) in [5.74, 6) is -1.92. The van der Waals surface area contributed by atoms with Gasteiger partial charge in [0, 0.05) is 25.3 Å². The Morgan fingerprint density at radius 3 is 2.67 bits per heavy atom.